The molecule has 1 heterocycles. The molecule has 8 heteroatoms. The van der Waals surface area contributed by atoms with E-state index in [9.17, 15) is 9.59 Å². The molecule has 4 N–H and O–H groups in total. The maximum absolute atomic E-state index is 11.5. The molecule has 0 radical (unpaired) electrons. The number of nitrogens with zero attached hydrogens (tertiary/aromatic N) is 2. The quantitative estimate of drug-likeness (QED) is 0.462. The van der Waals surface area contributed by atoms with E-state index in [2.05, 4.69) is 20.6 Å². The number of carbonyl (C=O) groups is 2. The predicted molar refractivity (Wildman–Crippen MR) is 60.9 cm³/mol. The summed E-state index contributed by atoms with van der Waals surface area (Å²) in [6, 6.07) is 0. The lowest BCUT2D eigenvalue weighted by atomic mass is 10.3. The monoisotopic (exact) mass is 254 g/mol. The fourth-order valence-corrected chi connectivity index (χ4v) is 1.10. The van der Waals surface area contributed by atoms with E-state index in [0.29, 0.717) is 0 Å². The van der Waals surface area contributed by atoms with Crippen LogP contribution < -0.4 is 10.6 Å². The van der Waals surface area contributed by atoms with Gasteiger partial charge in [0, 0.05) is 13.1 Å². The summed E-state index contributed by atoms with van der Waals surface area (Å²) in [6.45, 7) is -0.172. The number of aliphatic hydroxyl groups excluding tert-OH is 2. The number of carbonyl (C=O) groups excluding carboxylic acids is 2. The van der Waals surface area contributed by atoms with Crippen LogP contribution in [0.4, 0.5) is 0 Å². The van der Waals surface area contributed by atoms with Crippen molar-refractivity contribution in [2.75, 3.05) is 26.3 Å². The molecule has 0 atom stereocenters. The number of hydrogen-bond donors (Lipinski definition) is 4. The lowest BCUT2D eigenvalue weighted by Crippen LogP contribution is -2.30. The second-order valence-corrected chi connectivity index (χ2v) is 3.25. The summed E-state index contributed by atoms with van der Waals surface area (Å²) in [5, 5.41) is 21.9. The maximum atomic E-state index is 11.5. The van der Waals surface area contributed by atoms with Crippen molar-refractivity contribution in [1.29, 1.82) is 0 Å². The molecule has 1 aromatic rings. The first-order chi connectivity index (χ1) is 8.69. The normalized spacial score (nSPS) is 9.89. The van der Waals surface area contributed by atoms with Gasteiger partial charge in [-0.2, -0.15) is 0 Å². The maximum Gasteiger partial charge on any atom is 0.271 e. The Hall–Kier alpha value is -2.06. The zero-order valence-corrected chi connectivity index (χ0v) is 9.59. The number of nitrogens with one attached hydrogen (secondary N) is 2. The summed E-state index contributed by atoms with van der Waals surface area (Å²) in [4.78, 5) is 30.6. The molecule has 0 aliphatic rings. The van der Waals surface area contributed by atoms with Crippen molar-refractivity contribution in [3.8, 4) is 0 Å². The summed E-state index contributed by atoms with van der Waals surface area (Å²) < 4.78 is 0. The number of rotatable bonds is 6. The van der Waals surface area contributed by atoms with Gasteiger partial charge in [-0.15, -0.1) is 0 Å². The first-order valence-electron chi connectivity index (χ1n) is 5.29. The van der Waals surface area contributed by atoms with Crippen LogP contribution in [0.3, 0.4) is 0 Å². The first kappa shape index (κ1) is 14.0. The molecular weight excluding hydrogens is 240 g/mol. The lowest BCUT2D eigenvalue weighted by molar-refractivity contribution is 0.0934. The van der Waals surface area contributed by atoms with Crippen LogP contribution in [0.2, 0.25) is 0 Å². The highest BCUT2D eigenvalue weighted by molar-refractivity contribution is 5.95. The van der Waals surface area contributed by atoms with Crippen LogP contribution in [0.1, 0.15) is 21.0 Å². The average molecular weight is 254 g/mol. The van der Waals surface area contributed by atoms with Gasteiger partial charge in [-0.1, -0.05) is 0 Å². The molecule has 0 aromatic carbocycles. The van der Waals surface area contributed by atoms with E-state index in [1.165, 1.54) is 12.4 Å². The minimum absolute atomic E-state index is 0.0138. The van der Waals surface area contributed by atoms with Crippen LogP contribution in [0.25, 0.3) is 0 Å². The highest BCUT2D eigenvalue weighted by atomic mass is 16.3. The molecule has 0 aliphatic carbocycles. The number of hydrogen-bond acceptors (Lipinski definition) is 6. The lowest BCUT2D eigenvalue weighted by Gasteiger charge is -2.05. The number of aliphatic hydroxyl groups is 2. The minimum atomic E-state index is -0.520. The van der Waals surface area contributed by atoms with E-state index in [-0.39, 0.29) is 37.7 Å². The molecule has 0 spiro atoms. The standard InChI is InChI=1S/C10H14N4O4/c15-3-1-12-9(17)7-5-11-6-8(14-7)10(18)13-2-4-16/h5-6,15-16H,1-4H2,(H,12,17)(H,13,18). The van der Waals surface area contributed by atoms with Crippen LogP contribution in [0.15, 0.2) is 12.4 Å². The van der Waals surface area contributed by atoms with E-state index in [4.69, 9.17) is 10.2 Å². The molecule has 98 valence electrons. The van der Waals surface area contributed by atoms with Crippen molar-refractivity contribution >= 4 is 11.8 Å². The van der Waals surface area contributed by atoms with Gasteiger partial charge >= 0.3 is 0 Å². The largest absolute Gasteiger partial charge is 0.395 e. The molecule has 0 saturated carbocycles. The zero-order valence-electron chi connectivity index (χ0n) is 9.59. The van der Waals surface area contributed by atoms with Crippen molar-refractivity contribution in [1.82, 2.24) is 20.6 Å². The second-order valence-electron chi connectivity index (χ2n) is 3.25. The summed E-state index contributed by atoms with van der Waals surface area (Å²) in [6.07, 6.45) is 2.44. The highest BCUT2D eigenvalue weighted by Gasteiger charge is 2.12. The minimum Gasteiger partial charge on any atom is -0.395 e. The van der Waals surface area contributed by atoms with Crippen LogP contribution >= 0.6 is 0 Å². The summed E-state index contributed by atoms with van der Waals surface area (Å²) >= 11 is 0. The van der Waals surface area contributed by atoms with Gasteiger partial charge in [0.15, 0.2) is 0 Å². The third-order valence-electron chi connectivity index (χ3n) is 1.89. The van der Waals surface area contributed by atoms with E-state index in [1.807, 2.05) is 0 Å². The van der Waals surface area contributed by atoms with Crippen LogP contribution in [-0.4, -0.2) is 58.3 Å². The molecular formula is C10H14N4O4. The van der Waals surface area contributed by atoms with Gasteiger partial charge in [-0.3, -0.25) is 14.6 Å². The third-order valence-corrected chi connectivity index (χ3v) is 1.89. The molecule has 1 aromatic heterocycles. The van der Waals surface area contributed by atoms with Gasteiger partial charge < -0.3 is 20.8 Å². The van der Waals surface area contributed by atoms with Crippen molar-refractivity contribution in [3.05, 3.63) is 23.8 Å². The van der Waals surface area contributed by atoms with Crippen molar-refractivity contribution in [2.24, 2.45) is 0 Å². The van der Waals surface area contributed by atoms with Gasteiger partial charge in [0.25, 0.3) is 11.8 Å². The van der Waals surface area contributed by atoms with Crippen LogP contribution in [-0.2, 0) is 0 Å². The average Bonchev–Trinajstić information content (AvgIpc) is 2.42. The predicted octanol–water partition coefficient (Wildman–Crippen LogP) is -2.08. The highest BCUT2D eigenvalue weighted by Crippen LogP contribution is 1.96. The van der Waals surface area contributed by atoms with Gasteiger partial charge in [0.2, 0.25) is 0 Å². The van der Waals surface area contributed by atoms with Gasteiger partial charge in [-0.25, -0.2) is 4.98 Å². The summed E-state index contributed by atoms with van der Waals surface area (Å²) in [5.74, 6) is -1.04. The Morgan fingerprint density at radius 3 is 1.83 bits per heavy atom. The topological polar surface area (TPSA) is 124 Å². The van der Waals surface area contributed by atoms with Gasteiger partial charge in [0.1, 0.15) is 11.4 Å². The molecule has 18 heavy (non-hydrogen) atoms. The molecule has 8 nitrogen and oxygen atoms in total. The van der Waals surface area contributed by atoms with Crippen molar-refractivity contribution < 1.29 is 19.8 Å². The fourth-order valence-electron chi connectivity index (χ4n) is 1.10. The Labute approximate surface area is 103 Å². The van der Waals surface area contributed by atoms with Gasteiger partial charge in [-0.05, 0) is 0 Å². The zero-order chi connectivity index (χ0) is 13.4. The first-order valence-corrected chi connectivity index (χ1v) is 5.29. The molecule has 0 saturated heterocycles. The smallest absolute Gasteiger partial charge is 0.271 e. The summed E-state index contributed by atoms with van der Waals surface area (Å²) in [5.41, 5.74) is -0.0276. The van der Waals surface area contributed by atoms with Crippen LogP contribution in [0.5, 0.6) is 0 Å². The van der Waals surface area contributed by atoms with Crippen molar-refractivity contribution in [3.63, 3.8) is 0 Å². The van der Waals surface area contributed by atoms with Gasteiger partial charge in [0.05, 0.1) is 25.6 Å². The Morgan fingerprint density at radius 2 is 1.44 bits per heavy atom. The van der Waals surface area contributed by atoms with Crippen molar-refractivity contribution in [2.45, 2.75) is 0 Å². The second kappa shape index (κ2) is 7.30. The molecule has 2 amide bonds. The van der Waals surface area contributed by atoms with E-state index in [0.717, 1.165) is 0 Å². The fraction of sp³-hybridized carbons (Fsp3) is 0.400. The Bertz CT molecular complexity index is 389. The molecule has 1 rings (SSSR count). The molecule has 0 unspecified atom stereocenters. The Morgan fingerprint density at radius 1 is 1.00 bits per heavy atom. The van der Waals surface area contributed by atoms with Crippen LogP contribution in [0, 0.1) is 0 Å². The molecule has 0 aliphatic heterocycles. The number of amides is 2. The Kier molecular flexibility index (Phi) is 5.68. The molecule has 0 bridgehead atoms. The Balaban J connectivity index is 2.72. The number of aromatic nitrogens is 2. The molecule has 0 fully saturated rings. The third kappa shape index (κ3) is 4.07. The van der Waals surface area contributed by atoms with E-state index >= 15 is 0 Å². The van der Waals surface area contributed by atoms with E-state index in [1.54, 1.807) is 0 Å². The van der Waals surface area contributed by atoms with E-state index < -0.39 is 11.8 Å². The summed E-state index contributed by atoms with van der Waals surface area (Å²) in [7, 11) is 0. The SMILES string of the molecule is O=C(NCCO)c1cncc(C(=O)NCCO)n1.